The van der Waals surface area contributed by atoms with E-state index >= 15 is 0 Å². The van der Waals surface area contributed by atoms with E-state index in [1.54, 1.807) is 24.3 Å². The van der Waals surface area contributed by atoms with Crippen LogP contribution in [0.15, 0.2) is 53.3 Å². The molecule has 0 spiro atoms. The van der Waals surface area contributed by atoms with Crippen molar-refractivity contribution in [1.82, 2.24) is 20.3 Å². The van der Waals surface area contributed by atoms with Crippen LogP contribution in [-0.4, -0.2) is 35.0 Å². The molecule has 0 radical (unpaired) electrons. The number of nitrogens with zero attached hydrogens (tertiary/aromatic N) is 4. The van der Waals surface area contributed by atoms with Crippen molar-refractivity contribution in [3.63, 3.8) is 0 Å². The summed E-state index contributed by atoms with van der Waals surface area (Å²) in [5, 5.41) is 11.0. The molecule has 0 unspecified atom stereocenters. The second-order valence-corrected chi connectivity index (χ2v) is 5.91. The quantitative estimate of drug-likeness (QED) is 0.756. The molecule has 0 saturated carbocycles. The lowest BCUT2D eigenvalue weighted by Gasteiger charge is -2.13. The number of nitrogens with one attached hydrogen (secondary N) is 1. The molecule has 1 heterocycles. The summed E-state index contributed by atoms with van der Waals surface area (Å²) >= 11 is 0. The van der Waals surface area contributed by atoms with Gasteiger partial charge in [0.15, 0.2) is 0 Å². The maximum Gasteiger partial charge on any atom is 0.278 e. The highest BCUT2D eigenvalue weighted by Crippen LogP contribution is 2.11. The Morgan fingerprint density at radius 3 is 2.56 bits per heavy atom. The molecule has 0 atom stereocenters. The Labute approximate surface area is 144 Å². The monoisotopic (exact) mass is 337 g/mol. The topological polar surface area (TPSA) is 80.1 Å². The zero-order valence-electron chi connectivity index (χ0n) is 14.1. The van der Waals surface area contributed by atoms with Crippen LogP contribution in [0.2, 0.25) is 0 Å². The Bertz CT molecular complexity index is 948. The predicted octanol–water partition coefficient (Wildman–Crippen LogP) is 1.17. The minimum Gasteiger partial charge on any atom is -0.378 e. The summed E-state index contributed by atoms with van der Waals surface area (Å²) in [6.45, 7) is 0.231. The van der Waals surface area contributed by atoms with E-state index in [0.717, 1.165) is 15.9 Å². The number of aromatic nitrogens is 3. The van der Waals surface area contributed by atoms with Gasteiger partial charge in [0.25, 0.3) is 5.56 Å². The van der Waals surface area contributed by atoms with Gasteiger partial charge in [0, 0.05) is 26.3 Å². The molecule has 2 aromatic carbocycles. The first-order valence-electron chi connectivity index (χ1n) is 7.90. The molecule has 0 aliphatic carbocycles. The molecule has 3 aromatic rings. The summed E-state index contributed by atoms with van der Waals surface area (Å²) in [6, 6.07) is 14.8. The summed E-state index contributed by atoms with van der Waals surface area (Å²) in [7, 11) is 3.94. The third-order valence-electron chi connectivity index (χ3n) is 3.87. The van der Waals surface area contributed by atoms with Crippen molar-refractivity contribution in [2.45, 2.75) is 13.1 Å². The molecular weight excluding hydrogens is 318 g/mol. The molecule has 1 aromatic heterocycles. The first-order chi connectivity index (χ1) is 12.0. The van der Waals surface area contributed by atoms with E-state index in [1.165, 1.54) is 0 Å². The molecule has 128 valence electrons. The highest BCUT2D eigenvalue weighted by Gasteiger charge is 2.09. The number of rotatable bonds is 5. The zero-order chi connectivity index (χ0) is 17.8. The first-order valence-corrected chi connectivity index (χ1v) is 7.90. The van der Waals surface area contributed by atoms with Crippen LogP contribution < -0.4 is 15.8 Å². The van der Waals surface area contributed by atoms with Gasteiger partial charge >= 0.3 is 0 Å². The molecule has 0 saturated heterocycles. The number of carbonyl (C=O) groups excluding carboxylic acids is 1. The molecular formula is C18H19N5O2. The zero-order valence-corrected chi connectivity index (χ0v) is 14.1. The van der Waals surface area contributed by atoms with Crippen molar-refractivity contribution in [3.8, 4) is 0 Å². The third-order valence-corrected chi connectivity index (χ3v) is 3.87. The maximum atomic E-state index is 12.3. The van der Waals surface area contributed by atoms with E-state index in [1.807, 2.05) is 43.3 Å². The van der Waals surface area contributed by atoms with Crippen molar-refractivity contribution < 1.29 is 4.79 Å². The molecule has 3 rings (SSSR count). The Balaban J connectivity index is 1.65. The second kappa shape index (κ2) is 7.12. The van der Waals surface area contributed by atoms with Gasteiger partial charge in [-0.15, -0.1) is 5.10 Å². The summed E-state index contributed by atoms with van der Waals surface area (Å²) in [5.41, 5.74) is 2.27. The number of hydrogen-bond donors (Lipinski definition) is 1. The van der Waals surface area contributed by atoms with Gasteiger partial charge in [0.2, 0.25) is 5.91 Å². The van der Waals surface area contributed by atoms with Crippen molar-refractivity contribution >= 4 is 22.5 Å². The highest BCUT2D eigenvalue weighted by atomic mass is 16.2. The van der Waals surface area contributed by atoms with Gasteiger partial charge < -0.3 is 10.2 Å². The number of benzene rings is 2. The SMILES string of the molecule is CN(C)c1ccc(CNC(=O)Cn2nnc3ccccc3c2=O)cc1. The number of hydrogen-bond acceptors (Lipinski definition) is 5. The fourth-order valence-corrected chi connectivity index (χ4v) is 2.43. The lowest BCUT2D eigenvalue weighted by Crippen LogP contribution is -2.34. The largest absolute Gasteiger partial charge is 0.378 e. The molecule has 1 amide bonds. The van der Waals surface area contributed by atoms with Crippen molar-refractivity contribution in [3.05, 3.63) is 64.4 Å². The van der Waals surface area contributed by atoms with Crippen LogP contribution in [0.5, 0.6) is 0 Å². The van der Waals surface area contributed by atoms with Crippen LogP contribution in [0.3, 0.4) is 0 Å². The average molecular weight is 337 g/mol. The van der Waals surface area contributed by atoms with E-state index in [4.69, 9.17) is 0 Å². The van der Waals surface area contributed by atoms with E-state index in [9.17, 15) is 9.59 Å². The predicted molar refractivity (Wildman–Crippen MR) is 96.4 cm³/mol. The summed E-state index contributed by atoms with van der Waals surface area (Å²) in [5.74, 6) is -0.289. The van der Waals surface area contributed by atoms with Gasteiger partial charge in [-0.3, -0.25) is 9.59 Å². The Morgan fingerprint density at radius 2 is 1.84 bits per heavy atom. The first kappa shape index (κ1) is 16.6. The molecule has 0 aliphatic heterocycles. The Hall–Kier alpha value is -3.22. The number of anilines is 1. The van der Waals surface area contributed by atoms with Crippen LogP contribution in [0.4, 0.5) is 5.69 Å². The van der Waals surface area contributed by atoms with E-state index < -0.39 is 0 Å². The average Bonchev–Trinajstić information content (AvgIpc) is 2.63. The van der Waals surface area contributed by atoms with Gasteiger partial charge in [0.05, 0.1) is 5.39 Å². The van der Waals surface area contributed by atoms with Gasteiger partial charge in [0.1, 0.15) is 12.1 Å². The maximum absolute atomic E-state index is 12.3. The minimum absolute atomic E-state index is 0.160. The minimum atomic E-state index is -0.323. The lowest BCUT2D eigenvalue weighted by atomic mass is 10.2. The molecule has 7 heteroatoms. The van der Waals surface area contributed by atoms with E-state index in [-0.39, 0.29) is 18.0 Å². The smallest absolute Gasteiger partial charge is 0.278 e. The molecule has 0 aliphatic rings. The normalized spacial score (nSPS) is 10.6. The van der Waals surface area contributed by atoms with E-state index in [2.05, 4.69) is 15.6 Å². The van der Waals surface area contributed by atoms with Crippen molar-refractivity contribution in [1.29, 1.82) is 0 Å². The van der Waals surface area contributed by atoms with Crippen molar-refractivity contribution in [2.24, 2.45) is 0 Å². The number of carbonyl (C=O) groups is 1. The molecule has 1 N–H and O–H groups in total. The standard InChI is InChI=1S/C18H19N5O2/c1-22(2)14-9-7-13(8-10-14)11-19-17(24)12-23-18(25)15-5-3-4-6-16(15)20-21-23/h3-10H,11-12H2,1-2H3,(H,19,24). The molecule has 25 heavy (non-hydrogen) atoms. The molecule has 7 nitrogen and oxygen atoms in total. The Kier molecular flexibility index (Phi) is 4.74. The Morgan fingerprint density at radius 1 is 1.12 bits per heavy atom. The molecule has 0 bridgehead atoms. The summed E-state index contributed by atoms with van der Waals surface area (Å²) < 4.78 is 1.08. The van der Waals surface area contributed by atoms with Crippen LogP contribution in [0, 0.1) is 0 Å². The highest BCUT2D eigenvalue weighted by molar-refractivity contribution is 5.78. The second-order valence-electron chi connectivity index (χ2n) is 5.91. The number of amides is 1. The van der Waals surface area contributed by atoms with E-state index in [0.29, 0.717) is 17.4 Å². The van der Waals surface area contributed by atoms with Crippen molar-refractivity contribution in [2.75, 3.05) is 19.0 Å². The van der Waals surface area contributed by atoms with Gasteiger partial charge in [-0.25, -0.2) is 4.68 Å². The van der Waals surface area contributed by atoms with Crippen LogP contribution >= 0.6 is 0 Å². The van der Waals surface area contributed by atoms with Gasteiger partial charge in [-0.05, 0) is 29.8 Å². The number of fused-ring (bicyclic) bond motifs is 1. The van der Waals surface area contributed by atoms with Gasteiger partial charge in [-0.2, -0.15) is 0 Å². The van der Waals surface area contributed by atoms with Crippen LogP contribution in [0.1, 0.15) is 5.56 Å². The fraction of sp³-hybridized carbons (Fsp3) is 0.222. The lowest BCUT2D eigenvalue weighted by molar-refractivity contribution is -0.122. The fourth-order valence-electron chi connectivity index (χ4n) is 2.43. The molecule has 0 fully saturated rings. The van der Waals surface area contributed by atoms with Crippen LogP contribution in [0.25, 0.3) is 10.9 Å². The third kappa shape index (κ3) is 3.82. The summed E-state index contributed by atoms with van der Waals surface area (Å²) in [6.07, 6.45) is 0. The van der Waals surface area contributed by atoms with Gasteiger partial charge in [-0.1, -0.05) is 29.5 Å². The van der Waals surface area contributed by atoms with Crippen LogP contribution in [-0.2, 0) is 17.9 Å². The summed E-state index contributed by atoms with van der Waals surface area (Å²) in [4.78, 5) is 26.4.